The van der Waals surface area contributed by atoms with Gasteiger partial charge in [-0.1, -0.05) is 141 Å². The number of hydrogen-bond donors (Lipinski definition) is 4. The zero-order valence-corrected chi connectivity index (χ0v) is 44.9. The Morgan fingerprint density at radius 3 is 0.735 bits per heavy atom. The highest BCUT2D eigenvalue weighted by molar-refractivity contribution is 4.84. The first-order valence-electron chi connectivity index (χ1n) is 28.4. The van der Waals surface area contributed by atoms with E-state index in [-0.39, 0.29) is 26.4 Å². The van der Waals surface area contributed by atoms with Crippen LogP contribution in [0.3, 0.4) is 0 Å². The van der Waals surface area contributed by atoms with E-state index in [2.05, 4.69) is 86.1 Å². The molecule has 4 N–H and O–H groups in total. The summed E-state index contributed by atoms with van der Waals surface area (Å²) in [5.74, 6) is 0. The van der Waals surface area contributed by atoms with Crippen LogP contribution in [0.2, 0.25) is 0 Å². The summed E-state index contributed by atoms with van der Waals surface area (Å²) in [4.78, 5) is 4.32. The van der Waals surface area contributed by atoms with Crippen LogP contribution in [0.4, 0.5) is 0 Å². The Bertz CT molecular complexity index is 946. The van der Waals surface area contributed by atoms with Gasteiger partial charge >= 0.3 is 0 Å². The van der Waals surface area contributed by atoms with Crippen molar-refractivity contribution in [2.75, 3.05) is 92.1 Å². The zero-order chi connectivity index (χ0) is 49.6. The summed E-state index contributed by atoms with van der Waals surface area (Å²) in [7, 11) is 0. The van der Waals surface area contributed by atoms with E-state index in [1.54, 1.807) is 0 Å². The van der Waals surface area contributed by atoms with E-state index < -0.39 is 24.4 Å². The predicted octanol–water partition coefficient (Wildman–Crippen LogP) is 12.3. The molecule has 0 spiro atoms. The molecule has 68 heavy (non-hydrogen) atoms. The van der Waals surface area contributed by atoms with E-state index >= 15 is 0 Å². The highest BCUT2D eigenvalue weighted by Gasteiger charge is 2.18. The van der Waals surface area contributed by atoms with Crippen molar-refractivity contribution in [1.82, 2.24) is 9.80 Å². The Labute approximate surface area is 420 Å². The Hall–Kier alpha value is -1.44. The van der Waals surface area contributed by atoms with Gasteiger partial charge in [0.15, 0.2) is 0 Å². The van der Waals surface area contributed by atoms with Gasteiger partial charge in [-0.2, -0.15) is 0 Å². The predicted molar refractivity (Wildman–Crippen MR) is 289 cm³/mol. The minimum Gasteiger partial charge on any atom is -0.389 e. The van der Waals surface area contributed by atoms with Crippen molar-refractivity contribution in [1.29, 1.82) is 0 Å². The standard InChI is InChI=1S/C58H112N2O8/c1-5-9-13-17-21-25-31-37-43-65-51-55(61)47-59(48-56(62)52-66-44-38-32-26-22-18-14-10-6-2)41-35-29-30-36-42-60(49-57(63)53-67-45-39-33-27-23-19-15-11-7-3)50-58(64)54-68-46-40-34-28-24-20-16-12-8-4/h21-28,55-58,61-64H,5-20,29-54H2,1-4H3/b25-21-,26-22-,27-23-,28-24-. The summed E-state index contributed by atoms with van der Waals surface area (Å²) >= 11 is 0. The average molecular weight is 966 g/mol. The molecule has 0 aromatic heterocycles. The minimum absolute atomic E-state index is 0.284. The van der Waals surface area contributed by atoms with E-state index in [4.69, 9.17) is 18.9 Å². The second kappa shape index (κ2) is 54.9. The van der Waals surface area contributed by atoms with Crippen LogP contribution < -0.4 is 0 Å². The second-order valence-electron chi connectivity index (χ2n) is 19.3. The molecule has 0 aliphatic heterocycles. The lowest BCUT2D eigenvalue weighted by molar-refractivity contribution is -0.0117. The maximum atomic E-state index is 11.0. The Kier molecular flexibility index (Phi) is 53.7. The van der Waals surface area contributed by atoms with Gasteiger partial charge in [-0.3, -0.25) is 9.80 Å². The van der Waals surface area contributed by atoms with E-state index in [1.807, 2.05) is 0 Å². The van der Waals surface area contributed by atoms with Crippen LogP contribution >= 0.6 is 0 Å². The van der Waals surface area contributed by atoms with Gasteiger partial charge in [0, 0.05) is 52.6 Å². The van der Waals surface area contributed by atoms with Gasteiger partial charge in [0.05, 0.1) is 50.8 Å². The molecular formula is C58H112N2O8. The fourth-order valence-electron chi connectivity index (χ4n) is 8.02. The molecule has 0 aliphatic carbocycles. The summed E-state index contributed by atoms with van der Waals surface area (Å²) < 4.78 is 23.5. The van der Waals surface area contributed by atoms with Crippen LogP contribution in [0.5, 0.6) is 0 Å². The van der Waals surface area contributed by atoms with Crippen LogP contribution in [0.15, 0.2) is 48.6 Å². The molecule has 0 aromatic carbocycles. The third-order valence-corrected chi connectivity index (χ3v) is 12.0. The number of unbranched alkanes of at least 4 members (excludes halogenated alkanes) is 19. The smallest absolute Gasteiger partial charge is 0.0900 e. The van der Waals surface area contributed by atoms with E-state index in [0.717, 1.165) is 116 Å². The Balaban J connectivity index is 5.06. The number of aliphatic hydroxyl groups excluding tert-OH is 4. The highest BCUT2D eigenvalue weighted by atomic mass is 16.5. The highest BCUT2D eigenvalue weighted by Crippen LogP contribution is 2.10. The molecule has 0 aliphatic rings. The molecule has 0 heterocycles. The van der Waals surface area contributed by atoms with Gasteiger partial charge in [0.1, 0.15) is 0 Å². The molecule has 0 radical (unpaired) electrons. The van der Waals surface area contributed by atoms with E-state index in [9.17, 15) is 20.4 Å². The van der Waals surface area contributed by atoms with Crippen LogP contribution in [0.25, 0.3) is 0 Å². The van der Waals surface area contributed by atoms with E-state index in [1.165, 1.54) is 77.0 Å². The van der Waals surface area contributed by atoms with Crippen molar-refractivity contribution in [3.05, 3.63) is 48.6 Å². The lowest BCUT2D eigenvalue weighted by Gasteiger charge is -2.28. The SMILES string of the molecule is CCCCC/C=C\CCCOCC(O)CN(CCCCCCN(CC(O)COCCC/C=C\CCCCC)CC(O)COCCC/C=C\CCCCC)CC(O)COCCC/C=C\CCCCC. The van der Waals surface area contributed by atoms with Crippen LogP contribution in [0, 0.1) is 0 Å². The molecule has 0 amide bonds. The average Bonchev–Trinajstić information content (AvgIpc) is 3.32. The van der Waals surface area contributed by atoms with Crippen molar-refractivity contribution in [2.45, 2.75) is 232 Å². The lowest BCUT2D eigenvalue weighted by Crippen LogP contribution is -2.41. The summed E-state index contributed by atoms with van der Waals surface area (Å²) in [5, 5.41) is 43.9. The largest absolute Gasteiger partial charge is 0.389 e. The van der Waals surface area contributed by atoms with Crippen LogP contribution in [-0.2, 0) is 18.9 Å². The summed E-state index contributed by atoms with van der Waals surface area (Å²) in [5.41, 5.74) is 0. The van der Waals surface area contributed by atoms with Gasteiger partial charge in [-0.25, -0.2) is 0 Å². The maximum absolute atomic E-state index is 11.0. The van der Waals surface area contributed by atoms with Gasteiger partial charge in [-0.05, 0) is 129 Å². The van der Waals surface area contributed by atoms with Crippen LogP contribution in [0.1, 0.15) is 207 Å². The zero-order valence-electron chi connectivity index (χ0n) is 44.9. The number of aliphatic hydroxyl groups is 4. The Morgan fingerprint density at radius 1 is 0.294 bits per heavy atom. The molecule has 10 heteroatoms. The quantitative estimate of drug-likeness (QED) is 0.0346. The van der Waals surface area contributed by atoms with Crippen LogP contribution in [-0.4, -0.2) is 147 Å². The number of allylic oxidation sites excluding steroid dienone is 8. The molecule has 402 valence electrons. The van der Waals surface area contributed by atoms with Gasteiger partial charge in [0.25, 0.3) is 0 Å². The first-order valence-corrected chi connectivity index (χ1v) is 28.4. The van der Waals surface area contributed by atoms with Crippen molar-refractivity contribution in [2.24, 2.45) is 0 Å². The fourth-order valence-corrected chi connectivity index (χ4v) is 8.02. The van der Waals surface area contributed by atoms with Gasteiger partial charge < -0.3 is 39.4 Å². The molecule has 10 nitrogen and oxygen atoms in total. The summed E-state index contributed by atoms with van der Waals surface area (Å²) in [6.07, 6.45) is 46.8. The number of hydrogen-bond acceptors (Lipinski definition) is 10. The van der Waals surface area contributed by atoms with Gasteiger partial charge in [0.2, 0.25) is 0 Å². The number of rotatable bonds is 55. The molecule has 4 atom stereocenters. The Morgan fingerprint density at radius 2 is 0.515 bits per heavy atom. The number of nitrogens with zero attached hydrogens (tertiary/aromatic N) is 2. The maximum Gasteiger partial charge on any atom is 0.0900 e. The first kappa shape index (κ1) is 66.6. The monoisotopic (exact) mass is 965 g/mol. The number of ether oxygens (including phenoxy) is 4. The molecule has 0 aromatic rings. The lowest BCUT2D eigenvalue weighted by atomic mass is 10.1. The van der Waals surface area contributed by atoms with Crippen molar-refractivity contribution >= 4 is 0 Å². The molecule has 0 saturated carbocycles. The molecule has 0 bridgehead atoms. The third-order valence-electron chi connectivity index (χ3n) is 12.0. The van der Waals surface area contributed by atoms with Gasteiger partial charge in [-0.15, -0.1) is 0 Å². The second-order valence-corrected chi connectivity index (χ2v) is 19.3. The topological polar surface area (TPSA) is 124 Å². The summed E-state index contributed by atoms with van der Waals surface area (Å²) in [6.45, 7) is 15.8. The third kappa shape index (κ3) is 50.9. The molecule has 0 saturated heterocycles. The molecular weight excluding hydrogens is 853 g/mol. The minimum atomic E-state index is -0.634. The van der Waals surface area contributed by atoms with Crippen molar-refractivity contribution < 1.29 is 39.4 Å². The molecule has 0 fully saturated rings. The molecule has 0 rings (SSSR count). The van der Waals surface area contributed by atoms with E-state index in [0.29, 0.717) is 52.6 Å². The normalized spacial score (nSPS) is 14.3. The molecule has 4 unspecified atom stereocenters. The fraction of sp³-hybridized carbons (Fsp3) is 0.862. The first-order chi connectivity index (χ1) is 33.4. The van der Waals surface area contributed by atoms with Crippen molar-refractivity contribution in [3.8, 4) is 0 Å². The van der Waals surface area contributed by atoms with Crippen molar-refractivity contribution in [3.63, 3.8) is 0 Å². The summed E-state index contributed by atoms with van der Waals surface area (Å²) in [6, 6.07) is 0.